The van der Waals surface area contributed by atoms with E-state index in [2.05, 4.69) is 37.1 Å². The molecule has 3 nitrogen and oxygen atoms in total. The Morgan fingerprint density at radius 3 is 2.60 bits per heavy atom. The third kappa shape index (κ3) is 2.39. The first-order valence-electron chi connectivity index (χ1n) is 4.97. The van der Waals surface area contributed by atoms with Crippen LogP contribution >= 0.6 is 23.3 Å². The van der Waals surface area contributed by atoms with Gasteiger partial charge in [-0.25, -0.2) is 0 Å². The van der Waals surface area contributed by atoms with E-state index >= 15 is 0 Å². The van der Waals surface area contributed by atoms with Crippen LogP contribution in [-0.2, 0) is 0 Å². The van der Waals surface area contributed by atoms with Crippen molar-refractivity contribution in [2.45, 2.75) is 37.6 Å². The summed E-state index contributed by atoms with van der Waals surface area (Å²) in [5, 5.41) is 1.17. The van der Waals surface area contributed by atoms with Crippen molar-refractivity contribution in [2.75, 3.05) is 23.9 Å². The molecule has 0 saturated heterocycles. The van der Waals surface area contributed by atoms with Gasteiger partial charge >= 0.3 is 0 Å². The fourth-order valence-corrected chi connectivity index (χ4v) is 3.02. The second-order valence-electron chi connectivity index (χ2n) is 4.13. The highest BCUT2D eigenvalue weighted by Crippen LogP contribution is 2.39. The summed E-state index contributed by atoms with van der Waals surface area (Å²) in [7, 11) is 2.11. The lowest BCUT2D eigenvalue weighted by Crippen LogP contribution is -2.40. The highest BCUT2D eigenvalue weighted by atomic mass is 32.2. The molecule has 0 aliphatic rings. The molecule has 5 heteroatoms. The fourth-order valence-electron chi connectivity index (χ4n) is 1.20. The maximum Gasteiger partial charge on any atom is 0.153 e. The first kappa shape index (κ1) is 12.6. The van der Waals surface area contributed by atoms with E-state index in [1.165, 1.54) is 16.5 Å². The van der Waals surface area contributed by atoms with Gasteiger partial charge in [0.2, 0.25) is 0 Å². The van der Waals surface area contributed by atoms with Crippen molar-refractivity contribution in [3.05, 3.63) is 0 Å². The summed E-state index contributed by atoms with van der Waals surface area (Å²) in [6, 6.07) is 0. The van der Waals surface area contributed by atoms with Crippen LogP contribution in [-0.4, -0.2) is 23.2 Å². The van der Waals surface area contributed by atoms with Crippen LogP contribution in [0.2, 0.25) is 0 Å². The average Bonchev–Trinajstić information content (AvgIpc) is 2.58. The monoisotopic (exact) mass is 245 g/mol. The first-order chi connectivity index (χ1) is 6.94. The molecule has 15 heavy (non-hydrogen) atoms. The molecule has 0 unspecified atom stereocenters. The van der Waals surface area contributed by atoms with Crippen LogP contribution in [0.4, 0.5) is 10.8 Å². The molecule has 1 heterocycles. The number of rotatable bonds is 4. The lowest BCUT2D eigenvalue weighted by molar-refractivity contribution is 0.471. The van der Waals surface area contributed by atoms with E-state index in [-0.39, 0.29) is 5.54 Å². The number of hydrogen-bond acceptors (Lipinski definition) is 5. The zero-order valence-electron chi connectivity index (χ0n) is 10.00. The van der Waals surface area contributed by atoms with Gasteiger partial charge in [-0.3, -0.25) is 0 Å². The largest absolute Gasteiger partial charge is 0.382 e. The summed E-state index contributed by atoms with van der Waals surface area (Å²) in [4.78, 5) is 3.37. The molecule has 0 saturated carbocycles. The third-order valence-corrected chi connectivity index (χ3v) is 4.82. The number of nitrogens with two attached hydrogens (primary N) is 1. The molecule has 0 spiro atoms. The van der Waals surface area contributed by atoms with Crippen LogP contribution in [0.15, 0.2) is 4.90 Å². The predicted molar refractivity (Wildman–Crippen MR) is 71.1 cm³/mol. The van der Waals surface area contributed by atoms with E-state index in [0.717, 1.165) is 11.3 Å². The normalized spacial score (nSPS) is 11.8. The van der Waals surface area contributed by atoms with Crippen LogP contribution in [0.1, 0.15) is 27.2 Å². The SMILES string of the molecule is CCC(C)(C)N(C)c1snc(N)c1SC. The molecule has 0 amide bonds. The van der Waals surface area contributed by atoms with E-state index in [9.17, 15) is 0 Å². The number of hydrogen-bond donors (Lipinski definition) is 1. The minimum Gasteiger partial charge on any atom is -0.382 e. The maximum absolute atomic E-state index is 5.83. The quantitative estimate of drug-likeness (QED) is 0.828. The topological polar surface area (TPSA) is 42.2 Å². The molecule has 1 rings (SSSR count). The van der Waals surface area contributed by atoms with Gasteiger partial charge in [0.15, 0.2) is 5.82 Å². The van der Waals surface area contributed by atoms with Crippen molar-refractivity contribution in [3.8, 4) is 0 Å². The van der Waals surface area contributed by atoms with Crippen molar-refractivity contribution in [1.29, 1.82) is 0 Å². The first-order valence-corrected chi connectivity index (χ1v) is 6.96. The van der Waals surface area contributed by atoms with E-state index in [1.807, 2.05) is 6.26 Å². The Kier molecular flexibility index (Phi) is 3.89. The molecule has 0 aromatic carbocycles. The second kappa shape index (κ2) is 4.61. The number of anilines is 2. The lowest BCUT2D eigenvalue weighted by Gasteiger charge is -2.35. The molecule has 0 atom stereocenters. The minimum atomic E-state index is 0.142. The van der Waals surface area contributed by atoms with Gasteiger partial charge in [0.1, 0.15) is 5.00 Å². The smallest absolute Gasteiger partial charge is 0.153 e. The average molecular weight is 245 g/mol. The van der Waals surface area contributed by atoms with Crippen LogP contribution in [0.5, 0.6) is 0 Å². The van der Waals surface area contributed by atoms with Crippen molar-refractivity contribution in [3.63, 3.8) is 0 Å². The summed E-state index contributed by atoms with van der Waals surface area (Å²) in [6.45, 7) is 6.65. The lowest BCUT2D eigenvalue weighted by atomic mass is 10.0. The maximum atomic E-state index is 5.83. The Morgan fingerprint density at radius 1 is 1.53 bits per heavy atom. The van der Waals surface area contributed by atoms with Crippen LogP contribution in [0.25, 0.3) is 0 Å². The Labute approximate surface area is 100 Å². The van der Waals surface area contributed by atoms with Crippen molar-refractivity contribution in [2.24, 2.45) is 0 Å². The zero-order valence-corrected chi connectivity index (χ0v) is 11.6. The summed E-state index contributed by atoms with van der Waals surface area (Å²) >= 11 is 3.15. The molecule has 0 aliphatic heterocycles. The second-order valence-corrected chi connectivity index (χ2v) is 5.70. The van der Waals surface area contributed by atoms with Gasteiger partial charge < -0.3 is 10.6 Å². The molecule has 86 valence electrons. The highest BCUT2D eigenvalue weighted by Gasteiger charge is 2.25. The van der Waals surface area contributed by atoms with E-state index in [4.69, 9.17) is 5.73 Å². The highest BCUT2D eigenvalue weighted by molar-refractivity contribution is 7.99. The fraction of sp³-hybridized carbons (Fsp3) is 0.700. The van der Waals surface area contributed by atoms with Gasteiger partial charge in [-0.1, -0.05) is 6.92 Å². The third-order valence-electron chi connectivity index (χ3n) is 2.94. The van der Waals surface area contributed by atoms with Gasteiger partial charge in [0.25, 0.3) is 0 Å². The molecule has 0 radical (unpaired) electrons. The summed E-state index contributed by atoms with van der Waals surface area (Å²) in [5.41, 5.74) is 5.97. The van der Waals surface area contributed by atoms with E-state index in [1.54, 1.807) is 11.8 Å². The van der Waals surface area contributed by atoms with Gasteiger partial charge in [0, 0.05) is 12.6 Å². The van der Waals surface area contributed by atoms with E-state index < -0.39 is 0 Å². The summed E-state index contributed by atoms with van der Waals surface area (Å²) < 4.78 is 4.21. The predicted octanol–water partition coefficient (Wildman–Crippen LogP) is 3.07. The van der Waals surface area contributed by atoms with Gasteiger partial charge in [0.05, 0.1) is 4.90 Å². The molecule has 1 aromatic rings. The molecular formula is C10H19N3S2. The molecule has 0 aliphatic carbocycles. The molecule has 1 aromatic heterocycles. The Morgan fingerprint density at radius 2 is 2.13 bits per heavy atom. The number of nitrogen functional groups attached to an aromatic ring is 1. The Balaban J connectivity index is 3.05. The van der Waals surface area contributed by atoms with E-state index in [0.29, 0.717) is 5.82 Å². The molecular weight excluding hydrogens is 226 g/mol. The van der Waals surface area contributed by atoms with Gasteiger partial charge in [-0.2, -0.15) is 4.37 Å². The zero-order chi connectivity index (χ0) is 11.6. The van der Waals surface area contributed by atoms with Crippen molar-refractivity contribution < 1.29 is 0 Å². The van der Waals surface area contributed by atoms with Crippen LogP contribution in [0.3, 0.4) is 0 Å². The van der Waals surface area contributed by atoms with Crippen LogP contribution < -0.4 is 10.6 Å². The van der Waals surface area contributed by atoms with Gasteiger partial charge in [-0.05, 0) is 38.1 Å². The Bertz CT molecular complexity index is 333. The number of nitrogens with zero attached hydrogens (tertiary/aromatic N) is 2. The van der Waals surface area contributed by atoms with Gasteiger partial charge in [-0.15, -0.1) is 11.8 Å². The summed E-state index contributed by atoms with van der Waals surface area (Å²) in [5.74, 6) is 0.654. The number of thioether (sulfide) groups is 1. The molecule has 0 fully saturated rings. The van der Waals surface area contributed by atoms with Crippen molar-refractivity contribution >= 4 is 34.1 Å². The standard InChI is InChI=1S/C10H19N3S2/c1-6-10(2,3)13(4)9-7(14-5)8(11)12-15-9/h6H2,1-5H3,(H2,11,12). The molecule has 2 N–H and O–H groups in total. The molecule has 0 bridgehead atoms. The minimum absolute atomic E-state index is 0.142. The number of aromatic nitrogens is 1. The van der Waals surface area contributed by atoms with Crippen molar-refractivity contribution in [1.82, 2.24) is 4.37 Å². The summed E-state index contributed by atoms with van der Waals surface area (Å²) in [6.07, 6.45) is 3.13. The Hall–Kier alpha value is -0.420. The van der Waals surface area contributed by atoms with Crippen LogP contribution in [0, 0.1) is 0 Å².